The average molecular weight is 293 g/mol. The Morgan fingerprint density at radius 3 is 2.62 bits per heavy atom. The molecule has 112 valence electrons. The van der Waals surface area contributed by atoms with Crippen molar-refractivity contribution >= 4 is 0 Å². The second-order valence-corrected chi connectivity index (χ2v) is 5.38. The molecule has 1 saturated carbocycles. The van der Waals surface area contributed by atoms with Gasteiger partial charge in [0.15, 0.2) is 0 Å². The number of rotatable bonds is 6. The Morgan fingerprint density at radius 2 is 2.00 bits per heavy atom. The van der Waals surface area contributed by atoms with Gasteiger partial charge in [0.25, 0.3) is 0 Å². The molecular weight excluding hydrogens is 276 g/mol. The number of nitrogens with one attached hydrogen (secondary N) is 1. The highest BCUT2D eigenvalue weighted by molar-refractivity contribution is 5.54. The molecule has 4 nitrogen and oxygen atoms in total. The maximum atomic E-state index is 13.2. The van der Waals surface area contributed by atoms with Gasteiger partial charge in [-0.2, -0.15) is 4.98 Å². The van der Waals surface area contributed by atoms with Crippen LogP contribution in [0.1, 0.15) is 25.7 Å². The van der Waals surface area contributed by atoms with Crippen LogP contribution in [-0.4, -0.2) is 22.7 Å². The first kappa shape index (κ1) is 14.1. The third-order valence-corrected chi connectivity index (χ3v) is 3.64. The van der Waals surface area contributed by atoms with Crippen molar-refractivity contribution < 1.29 is 13.3 Å². The molecule has 1 unspecified atom stereocenters. The summed E-state index contributed by atoms with van der Waals surface area (Å²) in [5.74, 6) is 0.0635. The minimum atomic E-state index is -0.653. The zero-order valence-electron chi connectivity index (χ0n) is 11.8. The molecule has 0 amide bonds. The summed E-state index contributed by atoms with van der Waals surface area (Å²) in [7, 11) is 0. The van der Waals surface area contributed by atoms with Crippen LogP contribution in [-0.2, 0) is 6.42 Å². The molecule has 0 radical (unpaired) electrons. The van der Waals surface area contributed by atoms with Crippen LogP contribution in [0, 0.1) is 17.6 Å². The largest absolute Gasteiger partial charge is 0.339 e. The first-order valence-electron chi connectivity index (χ1n) is 7.18. The van der Waals surface area contributed by atoms with Gasteiger partial charge in [0.1, 0.15) is 11.6 Å². The number of benzene rings is 1. The normalized spacial score (nSPS) is 16.1. The Bertz CT molecular complexity index is 605. The van der Waals surface area contributed by atoms with Crippen LogP contribution >= 0.6 is 0 Å². The summed E-state index contributed by atoms with van der Waals surface area (Å²) < 4.78 is 31.6. The summed E-state index contributed by atoms with van der Waals surface area (Å²) in [6, 6.07) is 3.53. The lowest BCUT2D eigenvalue weighted by Crippen LogP contribution is -2.33. The fourth-order valence-corrected chi connectivity index (χ4v) is 2.49. The summed E-state index contributed by atoms with van der Waals surface area (Å²) in [4.78, 5) is 4.24. The summed E-state index contributed by atoms with van der Waals surface area (Å²) in [5.41, 5.74) is 0.286. The standard InChI is InChI=1S/C15H17F2N3O/c1-2-18-13(9-3-4-9)8-14-19-15(20-21-14)10-5-11(16)7-12(17)6-10/h5-7,9,13,18H,2-4,8H2,1H3. The predicted molar refractivity (Wildman–Crippen MR) is 73.5 cm³/mol. The molecule has 2 aromatic rings. The van der Waals surface area contributed by atoms with Crippen molar-refractivity contribution in [2.75, 3.05) is 6.54 Å². The van der Waals surface area contributed by atoms with Crippen LogP contribution in [0.25, 0.3) is 11.4 Å². The molecule has 3 rings (SSSR count). The van der Waals surface area contributed by atoms with E-state index in [2.05, 4.69) is 22.4 Å². The molecule has 1 heterocycles. The molecule has 1 aromatic carbocycles. The number of hydrogen-bond donors (Lipinski definition) is 1. The lowest BCUT2D eigenvalue weighted by Gasteiger charge is -2.14. The van der Waals surface area contributed by atoms with E-state index in [0.29, 0.717) is 24.3 Å². The lowest BCUT2D eigenvalue weighted by atomic mass is 10.1. The Balaban J connectivity index is 1.76. The van der Waals surface area contributed by atoms with Crippen LogP contribution in [0.3, 0.4) is 0 Å². The molecular formula is C15H17F2N3O. The maximum Gasteiger partial charge on any atom is 0.228 e. The monoisotopic (exact) mass is 293 g/mol. The Labute approximate surface area is 121 Å². The highest BCUT2D eigenvalue weighted by Crippen LogP contribution is 2.34. The van der Waals surface area contributed by atoms with Crippen LogP contribution in [0.2, 0.25) is 0 Å². The molecule has 1 fully saturated rings. The molecule has 1 atom stereocenters. The van der Waals surface area contributed by atoms with Crippen molar-refractivity contribution in [2.45, 2.75) is 32.2 Å². The molecule has 1 aliphatic carbocycles. The van der Waals surface area contributed by atoms with E-state index in [-0.39, 0.29) is 11.4 Å². The summed E-state index contributed by atoms with van der Waals surface area (Å²) in [5, 5.41) is 7.23. The number of aromatic nitrogens is 2. The minimum Gasteiger partial charge on any atom is -0.339 e. The zero-order valence-corrected chi connectivity index (χ0v) is 11.8. The lowest BCUT2D eigenvalue weighted by molar-refractivity contribution is 0.348. The van der Waals surface area contributed by atoms with E-state index in [1.54, 1.807) is 0 Å². The van der Waals surface area contributed by atoms with Gasteiger partial charge < -0.3 is 9.84 Å². The van der Waals surface area contributed by atoms with E-state index in [0.717, 1.165) is 12.6 Å². The van der Waals surface area contributed by atoms with Crippen molar-refractivity contribution in [3.05, 3.63) is 35.7 Å². The van der Waals surface area contributed by atoms with Gasteiger partial charge in [0, 0.05) is 24.1 Å². The van der Waals surface area contributed by atoms with Crippen molar-refractivity contribution in [2.24, 2.45) is 5.92 Å². The summed E-state index contributed by atoms with van der Waals surface area (Å²) in [6.45, 7) is 2.95. The maximum absolute atomic E-state index is 13.2. The Kier molecular flexibility index (Phi) is 3.96. The predicted octanol–water partition coefficient (Wildman–Crippen LogP) is 2.95. The highest BCUT2D eigenvalue weighted by atomic mass is 19.1. The third-order valence-electron chi connectivity index (χ3n) is 3.64. The number of likely N-dealkylation sites (N-methyl/N-ethyl adjacent to an activating group) is 1. The van der Waals surface area contributed by atoms with Crippen LogP contribution in [0.15, 0.2) is 22.7 Å². The van der Waals surface area contributed by atoms with Gasteiger partial charge in [-0.05, 0) is 37.4 Å². The molecule has 1 aliphatic rings. The van der Waals surface area contributed by atoms with Crippen LogP contribution in [0.4, 0.5) is 8.78 Å². The molecule has 21 heavy (non-hydrogen) atoms. The van der Waals surface area contributed by atoms with Gasteiger partial charge in [-0.3, -0.25) is 0 Å². The molecule has 0 bridgehead atoms. The minimum absolute atomic E-state index is 0.217. The van der Waals surface area contributed by atoms with Crippen LogP contribution in [0.5, 0.6) is 0 Å². The second kappa shape index (κ2) is 5.89. The van der Waals surface area contributed by atoms with Gasteiger partial charge >= 0.3 is 0 Å². The first-order chi connectivity index (χ1) is 10.2. The smallest absolute Gasteiger partial charge is 0.228 e. The third kappa shape index (κ3) is 3.44. The Hall–Kier alpha value is -1.82. The SMILES string of the molecule is CCNC(Cc1nc(-c2cc(F)cc(F)c2)no1)C1CC1. The topological polar surface area (TPSA) is 51.0 Å². The molecule has 0 aliphatic heterocycles. The van der Waals surface area contributed by atoms with Gasteiger partial charge in [-0.25, -0.2) is 8.78 Å². The van der Waals surface area contributed by atoms with E-state index in [4.69, 9.17) is 4.52 Å². The summed E-state index contributed by atoms with van der Waals surface area (Å²) >= 11 is 0. The van der Waals surface area contributed by atoms with E-state index in [1.165, 1.54) is 25.0 Å². The molecule has 0 spiro atoms. The average Bonchev–Trinajstić information content (AvgIpc) is 3.17. The Morgan fingerprint density at radius 1 is 1.29 bits per heavy atom. The van der Waals surface area contributed by atoms with Crippen molar-refractivity contribution in [1.82, 2.24) is 15.5 Å². The molecule has 1 aromatic heterocycles. The van der Waals surface area contributed by atoms with Gasteiger partial charge in [0.2, 0.25) is 11.7 Å². The van der Waals surface area contributed by atoms with Gasteiger partial charge in [-0.1, -0.05) is 12.1 Å². The van der Waals surface area contributed by atoms with E-state index < -0.39 is 11.6 Å². The number of nitrogens with zero attached hydrogens (tertiary/aromatic N) is 2. The van der Waals surface area contributed by atoms with Crippen molar-refractivity contribution in [3.63, 3.8) is 0 Å². The molecule has 0 saturated heterocycles. The van der Waals surface area contributed by atoms with Gasteiger partial charge in [-0.15, -0.1) is 0 Å². The van der Waals surface area contributed by atoms with E-state index in [9.17, 15) is 8.78 Å². The quantitative estimate of drug-likeness (QED) is 0.889. The number of hydrogen-bond acceptors (Lipinski definition) is 4. The highest BCUT2D eigenvalue weighted by Gasteiger charge is 2.32. The molecule has 1 N–H and O–H groups in total. The fourth-order valence-electron chi connectivity index (χ4n) is 2.49. The van der Waals surface area contributed by atoms with E-state index >= 15 is 0 Å². The van der Waals surface area contributed by atoms with Crippen molar-refractivity contribution in [1.29, 1.82) is 0 Å². The van der Waals surface area contributed by atoms with E-state index in [1.807, 2.05) is 0 Å². The second-order valence-electron chi connectivity index (χ2n) is 5.38. The fraction of sp³-hybridized carbons (Fsp3) is 0.467. The summed E-state index contributed by atoms with van der Waals surface area (Å²) in [6.07, 6.45) is 3.07. The first-order valence-corrected chi connectivity index (χ1v) is 7.18. The van der Waals surface area contributed by atoms with Crippen molar-refractivity contribution in [3.8, 4) is 11.4 Å². The van der Waals surface area contributed by atoms with Gasteiger partial charge in [0.05, 0.1) is 0 Å². The number of halogens is 2. The molecule has 6 heteroatoms. The zero-order chi connectivity index (χ0) is 14.8. The van der Waals surface area contributed by atoms with Crippen LogP contribution < -0.4 is 5.32 Å².